The zero-order valence-electron chi connectivity index (χ0n) is 8.44. The third-order valence-electron chi connectivity index (χ3n) is 1.84. The van der Waals surface area contributed by atoms with Crippen LogP contribution in [0.2, 0.25) is 0 Å². The average Bonchev–Trinajstić information content (AvgIpc) is 2.30. The molecule has 1 aliphatic heterocycles. The van der Waals surface area contributed by atoms with Crippen molar-refractivity contribution in [3.8, 4) is 0 Å². The molecule has 1 aliphatic rings. The minimum absolute atomic E-state index is 0.330. The van der Waals surface area contributed by atoms with Crippen molar-refractivity contribution in [2.45, 2.75) is 39.6 Å². The molecule has 0 saturated carbocycles. The molecule has 0 bridgehead atoms. The van der Waals surface area contributed by atoms with E-state index >= 15 is 0 Å². The van der Waals surface area contributed by atoms with Crippen molar-refractivity contribution in [1.29, 1.82) is 0 Å². The molecule has 0 unspecified atom stereocenters. The van der Waals surface area contributed by atoms with Crippen molar-refractivity contribution in [3.05, 3.63) is 0 Å². The van der Waals surface area contributed by atoms with Gasteiger partial charge < -0.3 is 14.6 Å². The second-order valence-electron chi connectivity index (χ2n) is 4.36. The summed E-state index contributed by atoms with van der Waals surface area (Å²) in [4.78, 5) is 21.5. The zero-order chi connectivity index (χ0) is 10.9. The van der Waals surface area contributed by atoms with Crippen molar-refractivity contribution in [1.82, 2.24) is 0 Å². The van der Waals surface area contributed by atoms with E-state index in [1.165, 1.54) is 0 Å². The number of hydrogen-bond donors (Lipinski definition) is 1. The van der Waals surface area contributed by atoms with Crippen molar-refractivity contribution < 1.29 is 24.2 Å². The van der Waals surface area contributed by atoms with E-state index in [0.29, 0.717) is 0 Å². The van der Waals surface area contributed by atoms with Crippen LogP contribution < -0.4 is 0 Å². The fourth-order valence-electron chi connectivity index (χ4n) is 1.08. The van der Waals surface area contributed by atoms with Crippen molar-refractivity contribution in [3.63, 3.8) is 0 Å². The lowest BCUT2D eigenvalue weighted by atomic mass is 9.96. The maximum absolute atomic E-state index is 11.2. The maximum Gasteiger partial charge on any atom is 0.338 e. The van der Waals surface area contributed by atoms with Gasteiger partial charge in [-0.25, -0.2) is 4.79 Å². The average molecular weight is 202 g/mol. The van der Waals surface area contributed by atoms with Crippen LogP contribution in [0.25, 0.3) is 0 Å². The molecule has 14 heavy (non-hydrogen) atoms. The van der Waals surface area contributed by atoms with Gasteiger partial charge in [0, 0.05) is 5.41 Å². The van der Waals surface area contributed by atoms with Gasteiger partial charge in [0.2, 0.25) is 6.29 Å². The molecule has 2 atom stereocenters. The monoisotopic (exact) mass is 202 g/mol. The number of hydrogen-bond acceptors (Lipinski definition) is 4. The Balaban J connectivity index is 2.60. The standard InChI is InChI=1S/C9H14O5/c1-9(2,3)8-13-5(4-6(10)11)7(12)14-8/h5,8H,4H2,1-3H3,(H,10,11)/t5-,8-/m1/s1. The van der Waals surface area contributed by atoms with Crippen LogP contribution in [0.5, 0.6) is 0 Å². The highest BCUT2D eigenvalue weighted by atomic mass is 16.8. The molecule has 1 N–H and O–H groups in total. The van der Waals surface area contributed by atoms with E-state index in [-0.39, 0.29) is 11.8 Å². The minimum Gasteiger partial charge on any atom is -0.481 e. The summed E-state index contributed by atoms with van der Waals surface area (Å²) in [6.07, 6.45) is -1.96. The van der Waals surface area contributed by atoms with E-state index < -0.39 is 24.3 Å². The summed E-state index contributed by atoms with van der Waals surface area (Å²) < 4.78 is 10.1. The van der Waals surface area contributed by atoms with Gasteiger partial charge in [0.1, 0.15) is 0 Å². The van der Waals surface area contributed by atoms with E-state index in [4.69, 9.17) is 14.6 Å². The van der Waals surface area contributed by atoms with Gasteiger partial charge in [0.05, 0.1) is 6.42 Å². The van der Waals surface area contributed by atoms with E-state index in [2.05, 4.69) is 0 Å². The first-order chi connectivity index (χ1) is 6.30. The normalized spacial score (nSPS) is 27.5. The fourth-order valence-corrected chi connectivity index (χ4v) is 1.08. The maximum atomic E-state index is 11.2. The molecule has 0 aromatic carbocycles. The largest absolute Gasteiger partial charge is 0.481 e. The number of carbonyl (C=O) groups excluding carboxylic acids is 1. The number of aliphatic carboxylic acids is 1. The van der Waals surface area contributed by atoms with Gasteiger partial charge in [-0.3, -0.25) is 4.79 Å². The molecule has 1 fully saturated rings. The molecule has 0 amide bonds. The highest BCUT2D eigenvalue weighted by Gasteiger charge is 2.42. The summed E-state index contributed by atoms with van der Waals surface area (Å²) in [5.74, 6) is -1.66. The number of carbonyl (C=O) groups is 2. The first-order valence-electron chi connectivity index (χ1n) is 4.38. The molecule has 1 rings (SSSR count). The Morgan fingerprint density at radius 2 is 2.07 bits per heavy atom. The summed E-state index contributed by atoms with van der Waals surface area (Å²) in [6.45, 7) is 5.57. The van der Waals surface area contributed by atoms with E-state index in [0.717, 1.165) is 0 Å². The van der Waals surface area contributed by atoms with Crippen molar-refractivity contribution in [2.24, 2.45) is 5.41 Å². The molecule has 0 radical (unpaired) electrons. The third kappa shape index (κ3) is 2.45. The van der Waals surface area contributed by atoms with Crippen LogP contribution >= 0.6 is 0 Å². The quantitative estimate of drug-likeness (QED) is 0.670. The summed E-state index contributed by atoms with van der Waals surface area (Å²) in [5, 5.41) is 8.49. The van der Waals surface area contributed by atoms with Crippen LogP contribution in [0.1, 0.15) is 27.2 Å². The molecule has 0 spiro atoms. The predicted molar refractivity (Wildman–Crippen MR) is 46.5 cm³/mol. The van der Waals surface area contributed by atoms with Gasteiger partial charge in [-0.15, -0.1) is 0 Å². The van der Waals surface area contributed by atoms with Crippen LogP contribution in [-0.2, 0) is 19.1 Å². The van der Waals surface area contributed by atoms with Crippen LogP contribution in [-0.4, -0.2) is 29.4 Å². The Morgan fingerprint density at radius 1 is 1.50 bits per heavy atom. The van der Waals surface area contributed by atoms with E-state index in [9.17, 15) is 9.59 Å². The van der Waals surface area contributed by atoms with E-state index in [1.807, 2.05) is 20.8 Å². The number of ether oxygens (including phenoxy) is 2. The number of esters is 1. The van der Waals surface area contributed by atoms with Gasteiger partial charge in [-0.05, 0) is 0 Å². The van der Waals surface area contributed by atoms with Gasteiger partial charge in [-0.1, -0.05) is 20.8 Å². The molecular formula is C9H14O5. The van der Waals surface area contributed by atoms with Gasteiger partial charge in [-0.2, -0.15) is 0 Å². The summed E-state index contributed by atoms with van der Waals surface area (Å²) in [7, 11) is 0. The predicted octanol–water partition coefficient (Wildman–Crippen LogP) is 0.775. The fraction of sp³-hybridized carbons (Fsp3) is 0.778. The minimum atomic E-state index is -1.07. The van der Waals surface area contributed by atoms with Crippen LogP contribution in [0.4, 0.5) is 0 Å². The highest BCUT2D eigenvalue weighted by molar-refractivity contribution is 5.82. The number of carboxylic acids is 1. The first-order valence-corrected chi connectivity index (χ1v) is 4.38. The number of rotatable bonds is 2. The Morgan fingerprint density at radius 3 is 2.43 bits per heavy atom. The molecule has 5 nitrogen and oxygen atoms in total. The summed E-state index contributed by atoms with van der Waals surface area (Å²) >= 11 is 0. The topological polar surface area (TPSA) is 72.8 Å². The van der Waals surface area contributed by atoms with Crippen molar-refractivity contribution in [2.75, 3.05) is 0 Å². The Labute approximate surface area is 82.0 Å². The smallest absolute Gasteiger partial charge is 0.338 e. The lowest BCUT2D eigenvalue weighted by molar-refractivity contribution is -0.154. The second kappa shape index (κ2) is 3.57. The Bertz CT molecular complexity index is 252. The van der Waals surface area contributed by atoms with Crippen LogP contribution in [0, 0.1) is 5.41 Å². The number of carboxylic acid groups (broad SMARTS) is 1. The van der Waals surface area contributed by atoms with Gasteiger partial charge in [0.15, 0.2) is 6.10 Å². The molecule has 0 aliphatic carbocycles. The van der Waals surface area contributed by atoms with Gasteiger partial charge in [0.25, 0.3) is 0 Å². The summed E-state index contributed by atoms with van der Waals surface area (Å²) in [6, 6.07) is 0. The Kier molecular flexibility index (Phi) is 2.80. The summed E-state index contributed by atoms with van der Waals surface area (Å²) in [5.41, 5.74) is -0.330. The molecule has 0 aromatic heterocycles. The highest BCUT2D eigenvalue weighted by Crippen LogP contribution is 2.30. The lowest BCUT2D eigenvalue weighted by Gasteiger charge is -2.23. The molecule has 80 valence electrons. The van der Waals surface area contributed by atoms with Crippen LogP contribution in [0.15, 0.2) is 0 Å². The third-order valence-corrected chi connectivity index (χ3v) is 1.84. The van der Waals surface area contributed by atoms with Crippen molar-refractivity contribution >= 4 is 11.9 Å². The molecular weight excluding hydrogens is 188 g/mol. The molecule has 0 aromatic rings. The van der Waals surface area contributed by atoms with E-state index in [1.54, 1.807) is 0 Å². The second-order valence-corrected chi connectivity index (χ2v) is 4.36. The Hall–Kier alpha value is -1.10. The molecule has 5 heteroatoms. The zero-order valence-corrected chi connectivity index (χ0v) is 8.44. The van der Waals surface area contributed by atoms with Gasteiger partial charge >= 0.3 is 11.9 Å². The molecule has 1 heterocycles. The SMILES string of the molecule is CC(C)(C)[C@H]1OC(=O)[C@@H](CC(=O)O)O1. The molecule has 1 saturated heterocycles. The number of cyclic esters (lactones) is 1. The lowest BCUT2D eigenvalue weighted by Crippen LogP contribution is -2.28. The first kappa shape index (κ1) is 11.0. The van der Waals surface area contributed by atoms with Crippen LogP contribution in [0.3, 0.4) is 0 Å².